The number of halogens is 1. The molecule has 0 saturated carbocycles. The summed E-state index contributed by atoms with van der Waals surface area (Å²) in [7, 11) is 0. The molecule has 1 saturated heterocycles. The van der Waals surface area contributed by atoms with E-state index < -0.39 is 5.92 Å². The Balaban J connectivity index is 1.48. The predicted octanol–water partition coefficient (Wildman–Crippen LogP) is 5.42. The average molecular weight is 476 g/mol. The molecule has 0 radical (unpaired) electrons. The molecule has 0 unspecified atom stereocenters. The second kappa shape index (κ2) is 10.7. The SMILES string of the molecule is CC(C)C(=O)N1CCN(c2ccc(NC(=O)C(c3ccccc3)c3ccccc3)cc2Cl)CC1. The summed E-state index contributed by atoms with van der Waals surface area (Å²) in [6.45, 7) is 6.68. The van der Waals surface area contributed by atoms with Crippen LogP contribution in [0.1, 0.15) is 30.9 Å². The van der Waals surface area contributed by atoms with Gasteiger partial charge in [0, 0.05) is 37.8 Å². The zero-order valence-corrected chi connectivity index (χ0v) is 20.3. The van der Waals surface area contributed by atoms with Crippen molar-refractivity contribution < 1.29 is 9.59 Å². The van der Waals surface area contributed by atoms with Crippen LogP contribution in [0.5, 0.6) is 0 Å². The fourth-order valence-corrected chi connectivity index (χ4v) is 4.67. The third kappa shape index (κ3) is 5.42. The van der Waals surface area contributed by atoms with Crippen molar-refractivity contribution in [1.82, 2.24) is 4.90 Å². The van der Waals surface area contributed by atoms with Gasteiger partial charge in [0.15, 0.2) is 0 Å². The van der Waals surface area contributed by atoms with E-state index in [2.05, 4.69) is 10.2 Å². The van der Waals surface area contributed by atoms with E-state index in [1.165, 1.54) is 0 Å². The molecule has 3 aromatic rings. The Labute approximate surface area is 206 Å². The Hall–Kier alpha value is -3.31. The topological polar surface area (TPSA) is 52.7 Å². The molecule has 0 spiro atoms. The first-order valence-electron chi connectivity index (χ1n) is 11.7. The van der Waals surface area contributed by atoms with Crippen LogP contribution in [0.4, 0.5) is 11.4 Å². The highest BCUT2D eigenvalue weighted by atomic mass is 35.5. The van der Waals surface area contributed by atoms with Crippen molar-refractivity contribution in [2.75, 3.05) is 36.4 Å². The third-order valence-electron chi connectivity index (χ3n) is 6.17. The van der Waals surface area contributed by atoms with Crippen molar-refractivity contribution in [1.29, 1.82) is 0 Å². The van der Waals surface area contributed by atoms with Crippen LogP contribution < -0.4 is 10.2 Å². The summed E-state index contributed by atoms with van der Waals surface area (Å²) >= 11 is 6.64. The van der Waals surface area contributed by atoms with E-state index in [-0.39, 0.29) is 17.7 Å². The molecule has 1 N–H and O–H groups in total. The Morgan fingerprint density at radius 2 is 1.38 bits per heavy atom. The number of hydrogen-bond acceptors (Lipinski definition) is 3. The number of amides is 2. The van der Waals surface area contributed by atoms with Gasteiger partial charge >= 0.3 is 0 Å². The first-order valence-corrected chi connectivity index (χ1v) is 12.1. The maximum atomic E-state index is 13.4. The zero-order valence-electron chi connectivity index (χ0n) is 19.6. The van der Waals surface area contributed by atoms with E-state index in [4.69, 9.17) is 11.6 Å². The van der Waals surface area contributed by atoms with Crippen molar-refractivity contribution in [3.8, 4) is 0 Å². The predicted molar refractivity (Wildman–Crippen MR) is 138 cm³/mol. The Morgan fingerprint density at radius 3 is 1.88 bits per heavy atom. The van der Waals surface area contributed by atoms with Gasteiger partial charge in [0.25, 0.3) is 0 Å². The molecule has 5 nitrogen and oxygen atoms in total. The lowest BCUT2D eigenvalue weighted by Crippen LogP contribution is -2.50. The van der Waals surface area contributed by atoms with Crippen LogP contribution in [0.3, 0.4) is 0 Å². The quantitative estimate of drug-likeness (QED) is 0.518. The van der Waals surface area contributed by atoms with E-state index in [1.807, 2.05) is 91.5 Å². The molecule has 1 fully saturated rings. The molecule has 1 aliphatic rings. The van der Waals surface area contributed by atoms with Gasteiger partial charge < -0.3 is 15.1 Å². The highest BCUT2D eigenvalue weighted by Gasteiger charge is 2.25. The Bertz CT molecular complexity index is 1090. The van der Waals surface area contributed by atoms with Crippen molar-refractivity contribution in [3.63, 3.8) is 0 Å². The van der Waals surface area contributed by atoms with Crippen molar-refractivity contribution in [2.45, 2.75) is 19.8 Å². The number of piperazine rings is 1. The minimum Gasteiger partial charge on any atom is -0.367 e. The van der Waals surface area contributed by atoms with Gasteiger partial charge in [-0.3, -0.25) is 9.59 Å². The van der Waals surface area contributed by atoms with Gasteiger partial charge in [-0.05, 0) is 29.3 Å². The van der Waals surface area contributed by atoms with Gasteiger partial charge in [0.1, 0.15) is 0 Å². The van der Waals surface area contributed by atoms with Gasteiger partial charge in [-0.15, -0.1) is 0 Å². The number of anilines is 2. The summed E-state index contributed by atoms with van der Waals surface area (Å²) in [5, 5.41) is 3.63. The van der Waals surface area contributed by atoms with Crippen molar-refractivity contribution in [3.05, 3.63) is 95.0 Å². The van der Waals surface area contributed by atoms with Crippen LogP contribution in [0.2, 0.25) is 5.02 Å². The molecule has 0 aromatic heterocycles. The number of hydrogen-bond donors (Lipinski definition) is 1. The first kappa shape index (κ1) is 23.8. The molecule has 1 heterocycles. The van der Waals surface area contributed by atoms with E-state index in [1.54, 1.807) is 6.07 Å². The summed E-state index contributed by atoms with van der Waals surface area (Å²) in [5.41, 5.74) is 3.44. The maximum Gasteiger partial charge on any atom is 0.236 e. The minimum absolute atomic E-state index is 0.00799. The van der Waals surface area contributed by atoms with E-state index in [0.717, 1.165) is 29.9 Å². The lowest BCUT2D eigenvalue weighted by atomic mass is 9.90. The van der Waals surface area contributed by atoms with Crippen LogP contribution in [-0.4, -0.2) is 42.9 Å². The van der Waals surface area contributed by atoms with Crippen LogP contribution in [0.15, 0.2) is 78.9 Å². The average Bonchev–Trinajstić information content (AvgIpc) is 2.85. The van der Waals surface area contributed by atoms with Crippen molar-refractivity contribution in [2.24, 2.45) is 5.92 Å². The second-order valence-electron chi connectivity index (χ2n) is 8.88. The number of carbonyl (C=O) groups is 2. The maximum absolute atomic E-state index is 13.4. The van der Waals surface area contributed by atoms with Crippen LogP contribution in [-0.2, 0) is 9.59 Å². The third-order valence-corrected chi connectivity index (χ3v) is 6.47. The number of rotatable bonds is 6. The molecule has 176 valence electrons. The normalized spacial score (nSPS) is 13.9. The van der Waals surface area contributed by atoms with Crippen LogP contribution >= 0.6 is 11.6 Å². The standard InChI is InChI=1S/C28H30ClN3O2/c1-20(2)28(34)32-17-15-31(16-18-32)25-14-13-23(19-24(25)29)30-27(33)26(21-9-5-3-6-10-21)22-11-7-4-8-12-22/h3-14,19-20,26H,15-18H2,1-2H3,(H,30,33). The van der Waals surface area contributed by atoms with Gasteiger partial charge in [-0.1, -0.05) is 86.1 Å². The number of nitrogens with one attached hydrogen (secondary N) is 1. The number of carbonyl (C=O) groups excluding carboxylic acids is 2. The summed E-state index contributed by atoms with van der Waals surface area (Å²) < 4.78 is 0. The molecule has 34 heavy (non-hydrogen) atoms. The van der Waals surface area contributed by atoms with Crippen LogP contribution in [0.25, 0.3) is 0 Å². The molecule has 4 rings (SSSR count). The van der Waals surface area contributed by atoms with E-state index in [9.17, 15) is 9.59 Å². The molecule has 0 aliphatic carbocycles. The second-order valence-corrected chi connectivity index (χ2v) is 9.28. The molecule has 6 heteroatoms. The van der Waals surface area contributed by atoms with Gasteiger partial charge in [-0.2, -0.15) is 0 Å². The Morgan fingerprint density at radius 1 is 0.824 bits per heavy atom. The fourth-order valence-electron chi connectivity index (χ4n) is 4.37. The molecular formula is C28H30ClN3O2. The molecule has 1 aliphatic heterocycles. The van der Waals surface area contributed by atoms with E-state index in [0.29, 0.717) is 23.8 Å². The summed E-state index contributed by atoms with van der Waals surface area (Å²) in [6.07, 6.45) is 0. The molecular weight excluding hydrogens is 446 g/mol. The summed E-state index contributed by atoms with van der Waals surface area (Å²) in [6, 6.07) is 25.2. The monoisotopic (exact) mass is 475 g/mol. The minimum atomic E-state index is -0.424. The lowest BCUT2D eigenvalue weighted by molar-refractivity contribution is -0.134. The number of benzene rings is 3. The highest BCUT2D eigenvalue weighted by Crippen LogP contribution is 2.31. The summed E-state index contributed by atoms with van der Waals surface area (Å²) in [5.74, 6) is -0.335. The highest BCUT2D eigenvalue weighted by molar-refractivity contribution is 6.33. The van der Waals surface area contributed by atoms with Gasteiger partial charge in [0.05, 0.1) is 16.6 Å². The lowest BCUT2D eigenvalue weighted by Gasteiger charge is -2.37. The summed E-state index contributed by atoms with van der Waals surface area (Å²) in [4.78, 5) is 29.7. The number of nitrogens with zero attached hydrogens (tertiary/aromatic N) is 2. The fraction of sp³-hybridized carbons (Fsp3) is 0.286. The van der Waals surface area contributed by atoms with Crippen LogP contribution in [0, 0.1) is 5.92 Å². The van der Waals surface area contributed by atoms with Crippen molar-refractivity contribution >= 4 is 34.8 Å². The molecule has 3 aromatic carbocycles. The van der Waals surface area contributed by atoms with Gasteiger partial charge in [0.2, 0.25) is 11.8 Å². The zero-order chi connectivity index (χ0) is 24.1. The largest absolute Gasteiger partial charge is 0.367 e. The molecule has 0 atom stereocenters. The smallest absolute Gasteiger partial charge is 0.236 e. The molecule has 0 bridgehead atoms. The first-order chi connectivity index (χ1) is 16.4. The Kier molecular flexibility index (Phi) is 7.53. The van der Waals surface area contributed by atoms with Gasteiger partial charge in [-0.25, -0.2) is 0 Å². The molecule has 2 amide bonds. The van der Waals surface area contributed by atoms with E-state index >= 15 is 0 Å².